The second-order valence-electron chi connectivity index (χ2n) is 6.60. The molecule has 0 aromatic heterocycles. The molecule has 0 saturated heterocycles. The lowest BCUT2D eigenvalue weighted by molar-refractivity contribution is -0.131. The lowest BCUT2D eigenvalue weighted by Crippen LogP contribution is -2.28. The smallest absolute Gasteiger partial charge is 0.397 e. The van der Waals surface area contributed by atoms with Crippen LogP contribution in [0.15, 0.2) is 36.4 Å². The van der Waals surface area contributed by atoms with Gasteiger partial charge in [-0.1, -0.05) is 0 Å². The molecule has 0 radical (unpaired) electrons. The quantitative estimate of drug-likeness (QED) is 0.422. The Labute approximate surface area is 178 Å². The summed E-state index contributed by atoms with van der Waals surface area (Å²) in [5.41, 5.74) is 0.818. The molecule has 0 spiro atoms. The molecule has 0 bridgehead atoms. The van der Waals surface area contributed by atoms with Gasteiger partial charge in [-0.2, -0.15) is 8.42 Å². The van der Waals surface area contributed by atoms with Gasteiger partial charge in [0.2, 0.25) is 0 Å². The minimum Gasteiger partial charge on any atom is -0.504 e. The van der Waals surface area contributed by atoms with Gasteiger partial charge in [-0.25, -0.2) is 8.98 Å². The molecule has 0 fully saturated rings. The molecule has 1 aliphatic rings. The molecule has 31 heavy (non-hydrogen) atoms. The largest absolute Gasteiger partial charge is 0.504 e. The average molecular weight is 452 g/mol. The Bertz CT molecular complexity index is 1120. The van der Waals surface area contributed by atoms with Gasteiger partial charge in [0.05, 0.1) is 26.7 Å². The summed E-state index contributed by atoms with van der Waals surface area (Å²) in [7, 11) is -2.15. The third-order valence-electron chi connectivity index (χ3n) is 4.70. The normalized spacial score (nSPS) is 18.3. The van der Waals surface area contributed by atoms with Crippen LogP contribution < -0.4 is 14.2 Å². The zero-order valence-electron chi connectivity index (χ0n) is 16.5. The fourth-order valence-electron chi connectivity index (χ4n) is 3.35. The van der Waals surface area contributed by atoms with Gasteiger partial charge in [0.1, 0.15) is 17.6 Å². The number of carboxylic acids is 1. The second-order valence-corrected chi connectivity index (χ2v) is 7.65. The second kappa shape index (κ2) is 8.84. The van der Waals surface area contributed by atoms with Crippen LogP contribution in [0.5, 0.6) is 23.0 Å². The molecular formula is C20H20O10S. The lowest BCUT2D eigenvalue weighted by Gasteiger charge is -2.33. The van der Waals surface area contributed by atoms with E-state index < -0.39 is 28.4 Å². The van der Waals surface area contributed by atoms with Crippen LogP contribution in [-0.2, 0) is 19.4 Å². The molecule has 0 amide bonds. The van der Waals surface area contributed by atoms with Crippen molar-refractivity contribution >= 4 is 22.4 Å². The monoisotopic (exact) mass is 452 g/mol. The van der Waals surface area contributed by atoms with Crippen molar-refractivity contribution in [3.63, 3.8) is 0 Å². The number of aliphatic carboxylic acids is 1. The van der Waals surface area contributed by atoms with Crippen molar-refractivity contribution in [1.29, 1.82) is 0 Å². The van der Waals surface area contributed by atoms with Crippen molar-refractivity contribution in [1.82, 2.24) is 0 Å². The zero-order chi connectivity index (χ0) is 22.8. The molecule has 3 rings (SSSR count). The molecule has 1 aliphatic heterocycles. The minimum absolute atomic E-state index is 0.0320. The van der Waals surface area contributed by atoms with Gasteiger partial charge in [0.15, 0.2) is 11.5 Å². The molecule has 2 aromatic rings. The first-order valence-corrected chi connectivity index (χ1v) is 10.3. The Balaban J connectivity index is 2.17. The van der Waals surface area contributed by atoms with Gasteiger partial charge in [0.25, 0.3) is 0 Å². The van der Waals surface area contributed by atoms with Crippen molar-refractivity contribution < 1.29 is 46.4 Å². The lowest BCUT2D eigenvalue weighted by atomic mass is 9.86. The minimum atomic E-state index is -4.89. The molecule has 11 heteroatoms. The number of phenolic OH excluding ortho intramolecular Hbond substituents is 1. The first-order chi connectivity index (χ1) is 14.6. The molecule has 0 aliphatic carbocycles. The van der Waals surface area contributed by atoms with Crippen molar-refractivity contribution in [3.05, 3.63) is 53.1 Å². The Morgan fingerprint density at radius 3 is 2.52 bits per heavy atom. The number of hydrogen-bond acceptors (Lipinski definition) is 8. The molecule has 10 nitrogen and oxygen atoms in total. The molecule has 3 N–H and O–H groups in total. The molecule has 166 valence electrons. The van der Waals surface area contributed by atoms with Crippen LogP contribution in [0.3, 0.4) is 0 Å². The van der Waals surface area contributed by atoms with E-state index in [9.17, 15) is 22.9 Å². The highest BCUT2D eigenvalue weighted by Crippen LogP contribution is 2.48. The van der Waals surface area contributed by atoms with Gasteiger partial charge in [0, 0.05) is 17.2 Å². The Kier molecular flexibility index (Phi) is 6.39. The predicted molar refractivity (Wildman–Crippen MR) is 108 cm³/mol. The summed E-state index contributed by atoms with van der Waals surface area (Å²) in [5.74, 6) is -1.65. The predicted octanol–water partition coefficient (Wildman–Crippen LogP) is 2.54. The summed E-state index contributed by atoms with van der Waals surface area (Å²) < 4.78 is 53.6. The summed E-state index contributed by atoms with van der Waals surface area (Å²) in [6.07, 6.45) is 0.912. The Hall–Kier alpha value is -3.28. The SMILES string of the molecule is COc1ccc2c(c1)[C@H](OS(=O)(=O)O)[C@@H](c1cc(C=CC(=O)O)cc(OC)c1O)CO2. The van der Waals surface area contributed by atoms with E-state index in [1.165, 1.54) is 38.5 Å². The van der Waals surface area contributed by atoms with E-state index in [4.69, 9.17) is 23.5 Å². The molecule has 2 aromatic carbocycles. The highest BCUT2D eigenvalue weighted by atomic mass is 32.3. The van der Waals surface area contributed by atoms with Crippen LogP contribution in [-0.4, -0.2) is 50.0 Å². The maximum Gasteiger partial charge on any atom is 0.397 e. The van der Waals surface area contributed by atoms with Crippen molar-refractivity contribution in [2.45, 2.75) is 12.0 Å². The fraction of sp³-hybridized carbons (Fsp3) is 0.250. The number of benzene rings is 2. The van der Waals surface area contributed by atoms with Gasteiger partial charge in [-0.15, -0.1) is 0 Å². The first kappa shape index (κ1) is 22.4. The number of carbonyl (C=O) groups is 1. The highest BCUT2D eigenvalue weighted by molar-refractivity contribution is 7.80. The van der Waals surface area contributed by atoms with E-state index in [-0.39, 0.29) is 29.2 Å². The standard InChI is InChI=1S/C20H20O10S/c1-27-12-4-5-16-14(9-12)20(30-31(24,25)26)15(10-29-16)13-7-11(3-6-18(21)22)8-17(28-2)19(13)23/h3-9,15,20,23H,10H2,1-2H3,(H,21,22)(H,24,25,26)/t15-,20+/m1/s1. The summed E-state index contributed by atoms with van der Waals surface area (Å²) >= 11 is 0. The van der Waals surface area contributed by atoms with E-state index in [2.05, 4.69) is 0 Å². The summed E-state index contributed by atoms with van der Waals surface area (Å²) in [6, 6.07) is 7.55. The summed E-state index contributed by atoms with van der Waals surface area (Å²) in [4.78, 5) is 10.9. The van der Waals surface area contributed by atoms with Gasteiger partial charge < -0.3 is 24.4 Å². The third kappa shape index (κ3) is 5.08. The highest BCUT2D eigenvalue weighted by Gasteiger charge is 2.38. The summed E-state index contributed by atoms with van der Waals surface area (Å²) in [6.45, 7) is -0.109. The summed E-state index contributed by atoms with van der Waals surface area (Å²) in [5, 5.41) is 19.6. The maximum atomic E-state index is 11.6. The number of rotatable bonds is 7. The fourth-order valence-corrected chi connectivity index (χ4v) is 3.85. The molecule has 0 saturated carbocycles. The third-order valence-corrected chi connectivity index (χ3v) is 5.15. The molecule has 0 unspecified atom stereocenters. The van der Waals surface area contributed by atoms with Crippen LogP contribution in [0.25, 0.3) is 6.08 Å². The Morgan fingerprint density at radius 1 is 1.16 bits per heavy atom. The van der Waals surface area contributed by atoms with Crippen LogP contribution >= 0.6 is 0 Å². The van der Waals surface area contributed by atoms with E-state index in [0.29, 0.717) is 17.1 Å². The number of carboxylic acid groups (broad SMARTS) is 1. The Morgan fingerprint density at radius 2 is 1.90 bits per heavy atom. The van der Waals surface area contributed by atoms with Crippen LogP contribution in [0.4, 0.5) is 0 Å². The van der Waals surface area contributed by atoms with Crippen LogP contribution in [0.2, 0.25) is 0 Å². The number of aromatic hydroxyl groups is 1. The van der Waals surface area contributed by atoms with E-state index >= 15 is 0 Å². The van der Waals surface area contributed by atoms with Gasteiger partial charge >= 0.3 is 16.4 Å². The van der Waals surface area contributed by atoms with Crippen molar-refractivity contribution in [2.24, 2.45) is 0 Å². The van der Waals surface area contributed by atoms with E-state index in [1.807, 2.05) is 0 Å². The zero-order valence-corrected chi connectivity index (χ0v) is 17.3. The molecular weight excluding hydrogens is 432 g/mol. The van der Waals surface area contributed by atoms with Crippen molar-refractivity contribution in [3.8, 4) is 23.0 Å². The number of methoxy groups -OCH3 is 2. The average Bonchev–Trinajstić information content (AvgIpc) is 2.72. The van der Waals surface area contributed by atoms with Crippen LogP contribution in [0, 0.1) is 0 Å². The number of phenols is 1. The van der Waals surface area contributed by atoms with Crippen molar-refractivity contribution in [2.75, 3.05) is 20.8 Å². The number of fused-ring (bicyclic) bond motifs is 1. The number of hydrogen-bond donors (Lipinski definition) is 3. The van der Waals surface area contributed by atoms with E-state index in [1.54, 1.807) is 12.1 Å². The maximum absolute atomic E-state index is 11.6. The topological polar surface area (TPSA) is 149 Å². The van der Waals surface area contributed by atoms with Gasteiger partial charge in [-0.3, -0.25) is 4.55 Å². The first-order valence-electron chi connectivity index (χ1n) is 8.91. The molecule has 2 atom stereocenters. The van der Waals surface area contributed by atoms with Crippen LogP contribution in [0.1, 0.15) is 28.7 Å². The van der Waals surface area contributed by atoms with E-state index in [0.717, 1.165) is 6.08 Å². The number of ether oxygens (including phenoxy) is 3. The molecule has 1 heterocycles. The van der Waals surface area contributed by atoms with Gasteiger partial charge in [-0.05, 0) is 42.0 Å².